The Bertz CT molecular complexity index is 477. The molecule has 0 aromatic heterocycles. The van der Waals surface area contributed by atoms with Crippen LogP contribution in [0.3, 0.4) is 0 Å². The van der Waals surface area contributed by atoms with Crippen LogP contribution >= 0.6 is 0 Å². The molecule has 0 saturated carbocycles. The molecule has 2 aliphatic rings. The number of carbonyl (C=O) groups is 1. The Labute approximate surface area is 158 Å². The average Bonchev–Trinajstić information content (AvgIpc) is 3.03. The van der Waals surface area contributed by atoms with Gasteiger partial charge >= 0.3 is 0 Å². The summed E-state index contributed by atoms with van der Waals surface area (Å²) < 4.78 is 0. The zero-order chi connectivity index (χ0) is 18.8. The van der Waals surface area contributed by atoms with Crippen molar-refractivity contribution >= 4 is 18.2 Å². The Kier molecular flexibility index (Phi) is 8.92. The molecule has 148 valence electrons. The van der Waals surface area contributed by atoms with Gasteiger partial charge in [0.15, 0.2) is 18.2 Å². The van der Waals surface area contributed by atoms with Crippen LogP contribution in [-0.4, -0.2) is 41.4 Å². The van der Waals surface area contributed by atoms with Crippen molar-refractivity contribution in [2.75, 3.05) is 0 Å². The van der Waals surface area contributed by atoms with E-state index in [1.165, 1.54) is 64.2 Å². The van der Waals surface area contributed by atoms with Crippen molar-refractivity contribution in [3.8, 4) is 0 Å². The van der Waals surface area contributed by atoms with Crippen molar-refractivity contribution in [2.24, 2.45) is 15.7 Å². The number of nitrogens with two attached hydrogens (primary N) is 1. The Morgan fingerprint density at radius 3 is 2.19 bits per heavy atom. The van der Waals surface area contributed by atoms with Crippen LogP contribution in [0, 0.1) is 0 Å². The molecule has 0 spiro atoms. The number of rotatable bonds is 13. The highest BCUT2D eigenvalue weighted by Gasteiger charge is 2.41. The fraction of sp³-hybridized carbons (Fsp3) is 0.850. The molecule has 2 rings (SSSR count). The molecule has 2 heterocycles. The maximum absolute atomic E-state index is 12.1. The summed E-state index contributed by atoms with van der Waals surface area (Å²) in [7, 11) is 0. The highest BCUT2D eigenvalue weighted by Crippen LogP contribution is 2.26. The monoisotopic (exact) mass is 363 g/mol. The summed E-state index contributed by atoms with van der Waals surface area (Å²) in [4.78, 5) is 23.2. The molecule has 2 aliphatic heterocycles. The summed E-state index contributed by atoms with van der Waals surface area (Å²) in [6, 6.07) is -0.0376. The fourth-order valence-corrected chi connectivity index (χ4v) is 3.89. The smallest absolute Gasteiger partial charge is 0.255 e. The van der Waals surface area contributed by atoms with Gasteiger partial charge in [-0.3, -0.25) is 15.1 Å². The van der Waals surface area contributed by atoms with Gasteiger partial charge in [0.05, 0.1) is 6.34 Å². The molecule has 0 aromatic carbocycles. The van der Waals surface area contributed by atoms with Crippen LogP contribution in [0.4, 0.5) is 0 Å². The van der Waals surface area contributed by atoms with Gasteiger partial charge in [-0.1, -0.05) is 78.1 Å². The molecule has 0 aromatic rings. The van der Waals surface area contributed by atoms with Crippen LogP contribution in [0.25, 0.3) is 0 Å². The van der Waals surface area contributed by atoms with Crippen LogP contribution in [0.15, 0.2) is 9.98 Å². The van der Waals surface area contributed by atoms with E-state index < -0.39 is 6.04 Å². The number of unbranched alkanes of at least 4 members (excludes halogenated alkanes) is 8. The van der Waals surface area contributed by atoms with E-state index in [2.05, 4.69) is 34.0 Å². The van der Waals surface area contributed by atoms with Gasteiger partial charge in [0.25, 0.3) is 5.91 Å². The molecule has 1 amide bonds. The molecule has 26 heavy (non-hydrogen) atoms. The Morgan fingerprint density at radius 1 is 1.04 bits per heavy atom. The summed E-state index contributed by atoms with van der Waals surface area (Å²) in [5.74, 6) is 0.0854. The third-order valence-corrected chi connectivity index (χ3v) is 5.44. The summed E-state index contributed by atoms with van der Waals surface area (Å²) in [5.41, 5.74) is 5.79. The van der Waals surface area contributed by atoms with Crippen LogP contribution in [0.2, 0.25) is 0 Å². The van der Waals surface area contributed by atoms with E-state index in [1.807, 2.05) is 6.34 Å². The number of hydrogen-bond donors (Lipinski definition) is 2. The first-order valence-corrected chi connectivity index (χ1v) is 10.6. The van der Waals surface area contributed by atoms with Crippen molar-refractivity contribution in [1.29, 1.82) is 0 Å². The Morgan fingerprint density at radius 2 is 1.62 bits per heavy atom. The van der Waals surface area contributed by atoms with Crippen molar-refractivity contribution in [1.82, 2.24) is 10.2 Å². The molecule has 6 heteroatoms. The van der Waals surface area contributed by atoms with Crippen molar-refractivity contribution in [3.63, 3.8) is 0 Å². The van der Waals surface area contributed by atoms with Crippen molar-refractivity contribution < 1.29 is 4.79 Å². The quantitative estimate of drug-likeness (QED) is 0.491. The second kappa shape index (κ2) is 11.2. The summed E-state index contributed by atoms with van der Waals surface area (Å²) in [6.45, 7) is 4.49. The first-order chi connectivity index (χ1) is 12.7. The van der Waals surface area contributed by atoms with Crippen LogP contribution in [-0.2, 0) is 4.79 Å². The maximum atomic E-state index is 12.1. The number of aliphatic imine (C=N–C) groups is 2. The first-order valence-electron chi connectivity index (χ1n) is 10.6. The highest BCUT2D eigenvalue weighted by molar-refractivity contribution is 6.02. The molecule has 6 nitrogen and oxygen atoms in total. The number of fused-ring (bicyclic) bond motifs is 1. The van der Waals surface area contributed by atoms with E-state index >= 15 is 0 Å². The normalized spacial score (nSPS) is 21.9. The van der Waals surface area contributed by atoms with Crippen molar-refractivity contribution in [3.05, 3.63) is 0 Å². The van der Waals surface area contributed by atoms with Gasteiger partial charge in [0.2, 0.25) is 0 Å². The predicted octanol–water partition coefficient (Wildman–Crippen LogP) is 3.56. The number of carbonyl (C=O) groups excluding carboxylic acids is 1. The molecule has 0 fully saturated rings. The van der Waals surface area contributed by atoms with E-state index in [-0.39, 0.29) is 18.0 Å². The molecular weight excluding hydrogens is 326 g/mol. The maximum Gasteiger partial charge on any atom is 0.255 e. The van der Waals surface area contributed by atoms with E-state index in [9.17, 15) is 4.79 Å². The molecule has 2 atom stereocenters. The SMILES string of the molecule is CCCCCCCC(CCCCCCC)N1C=NC2C(=O)NC(N)=NC21. The third-order valence-electron chi connectivity index (χ3n) is 5.44. The van der Waals surface area contributed by atoms with Gasteiger partial charge in [-0.15, -0.1) is 0 Å². The minimum absolute atomic E-state index is 0.133. The van der Waals surface area contributed by atoms with E-state index in [0.717, 1.165) is 12.8 Å². The van der Waals surface area contributed by atoms with Gasteiger partial charge in [-0.25, -0.2) is 4.99 Å². The summed E-state index contributed by atoms with van der Waals surface area (Å²) >= 11 is 0. The molecule has 2 unspecified atom stereocenters. The minimum Gasteiger partial charge on any atom is -0.370 e. The second-order valence-corrected chi connectivity index (χ2v) is 7.63. The third kappa shape index (κ3) is 5.99. The molecule has 0 radical (unpaired) electrons. The molecule has 3 N–H and O–H groups in total. The van der Waals surface area contributed by atoms with E-state index in [1.54, 1.807) is 0 Å². The summed E-state index contributed by atoms with van der Waals surface area (Å²) in [5, 5.41) is 2.59. The number of nitrogens with zero attached hydrogens (tertiary/aromatic N) is 3. The lowest BCUT2D eigenvalue weighted by molar-refractivity contribution is -0.122. The van der Waals surface area contributed by atoms with Crippen LogP contribution in [0.1, 0.15) is 90.9 Å². The van der Waals surface area contributed by atoms with Crippen molar-refractivity contribution in [2.45, 2.75) is 109 Å². The van der Waals surface area contributed by atoms with Gasteiger partial charge in [0, 0.05) is 6.04 Å². The topological polar surface area (TPSA) is 83.1 Å². The molecule has 0 aliphatic carbocycles. The zero-order valence-electron chi connectivity index (χ0n) is 16.6. The second-order valence-electron chi connectivity index (χ2n) is 7.63. The standard InChI is InChI=1S/C20H37N5O/c1-3-5-7-9-11-13-16(14-12-10-8-6-4-2)25-15-22-17-18(25)23-20(21)24-19(17)26/h15-18H,3-14H2,1-2H3,(H3,21,23,24,26). The Balaban J connectivity index is 1.92. The molecule has 0 saturated heterocycles. The summed E-state index contributed by atoms with van der Waals surface area (Å²) in [6.07, 6.45) is 16.7. The van der Waals surface area contributed by atoms with E-state index in [4.69, 9.17) is 5.73 Å². The number of hydrogen-bond acceptors (Lipinski definition) is 5. The lowest BCUT2D eigenvalue weighted by atomic mass is 9.98. The van der Waals surface area contributed by atoms with Crippen LogP contribution in [0.5, 0.6) is 0 Å². The average molecular weight is 364 g/mol. The fourth-order valence-electron chi connectivity index (χ4n) is 3.89. The lowest BCUT2D eigenvalue weighted by Gasteiger charge is -2.34. The highest BCUT2D eigenvalue weighted by atomic mass is 16.2. The van der Waals surface area contributed by atoms with Crippen LogP contribution < -0.4 is 11.1 Å². The van der Waals surface area contributed by atoms with E-state index in [0.29, 0.717) is 6.04 Å². The zero-order valence-corrected chi connectivity index (χ0v) is 16.6. The number of guanidine groups is 1. The number of amides is 1. The minimum atomic E-state index is -0.440. The number of nitrogens with one attached hydrogen (secondary N) is 1. The predicted molar refractivity (Wildman–Crippen MR) is 108 cm³/mol. The molecule has 0 bridgehead atoms. The van der Waals surface area contributed by atoms with Gasteiger partial charge in [-0.05, 0) is 12.8 Å². The largest absolute Gasteiger partial charge is 0.370 e. The van der Waals surface area contributed by atoms with Gasteiger partial charge in [0.1, 0.15) is 0 Å². The van der Waals surface area contributed by atoms with Gasteiger partial charge < -0.3 is 10.6 Å². The lowest BCUT2D eigenvalue weighted by Crippen LogP contribution is -2.55. The first kappa shape index (κ1) is 20.7. The van der Waals surface area contributed by atoms with Gasteiger partial charge in [-0.2, -0.15) is 0 Å². The Hall–Kier alpha value is -1.59. The molecular formula is C20H37N5O.